The van der Waals surface area contributed by atoms with Gasteiger partial charge in [-0.25, -0.2) is 0 Å². The van der Waals surface area contributed by atoms with Crippen molar-refractivity contribution in [2.24, 2.45) is 0 Å². The molecular formula is C19H21N3OS. The number of carbonyl (C=O) groups is 1. The van der Waals surface area contributed by atoms with E-state index >= 15 is 0 Å². The van der Waals surface area contributed by atoms with E-state index < -0.39 is 0 Å². The van der Waals surface area contributed by atoms with Crippen LogP contribution >= 0.6 is 11.8 Å². The van der Waals surface area contributed by atoms with Crippen molar-refractivity contribution >= 4 is 40.4 Å². The molecule has 2 aromatic rings. The normalized spacial score (nSPS) is 12.2. The van der Waals surface area contributed by atoms with Gasteiger partial charge in [0, 0.05) is 49.4 Å². The molecule has 0 aromatic heterocycles. The van der Waals surface area contributed by atoms with E-state index in [9.17, 15) is 4.79 Å². The molecule has 24 heavy (non-hydrogen) atoms. The van der Waals surface area contributed by atoms with E-state index in [1.54, 1.807) is 16.7 Å². The molecule has 0 atom stereocenters. The van der Waals surface area contributed by atoms with Gasteiger partial charge in [-0.15, -0.1) is 0 Å². The predicted molar refractivity (Wildman–Crippen MR) is 103 cm³/mol. The van der Waals surface area contributed by atoms with Crippen LogP contribution < -0.4 is 14.7 Å². The highest BCUT2D eigenvalue weighted by molar-refractivity contribution is 7.99. The van der Waals surface area contributed by atoms with Crippen LogP contribution in [0.5, 0.6) is 0 Å². The number of fused-ring (bicyclic) bond motifs is 2. The van der Waals surface area contributed by atoms with Gasteiger partial charge in [-0.1, -0.05) is 18.3 Å². The molecule has 0 saturated carbocycles. The summed E-state index contributed by atoms with van der Waals surface area (Å²) in [4.78, 5) is 20.5. The quantitative estimate of drug-likeness (QED) is 0.786. The van der Waals surface area contributed by atoms with Crippen LogP contribution in [0.2, 0.25) is 0 Å². The zero-order valence-corrected chi connectivity index (χ0v) is 15.2. The minimum atomic E-state index is -0.118. The van der Waals surface area contributed by atoms with Crippen molar-refractivity contribution in [1.82, 2.24) is 0 Å². The summed E-state index contributed by atoms with van der Waals surface area (Å²) in [6.07, 6.45) is 1.36. The maximum atomic E-state index is 12.5. The Bertz CT molecular complexity index is 757. The molecule has 0 N–H and O–H groups in total. The molecular weight excluding hydrogens is 318 g/mol. The Morgan fingerprint density at radius 1 is 0.958 bits per heavy atom. The van der Waals surface area contributed by atoms with Gasteiger partial charge in [-0.05, 0) is 42.5 Å². The van der Waals surface area contributed by atoms with Gasteiger partial charge >= 0.3 is 0 Å². The van der Waals surface area contributed by atoms with Crippen LogP contribution in [0.3, 0.4) is 0 Å². The smallest absolute Gasteiger partial charge is 0.255 e. The number of nitrogens with zero attached hydrogens (tertiary/aromatic N) is 3. The molecule has 4 nitrogen and oxygen atoms in total. The molecule has 3 rings (SSSR count). The first-order valence-electron chi connectivity index (χ1n) is 7.69. The topological polar surface area (TPSA) is 26.8 Å². The lowest BCUT2D eigenvalue weighted by Gasteiger charge is -2.32. The second kappa shape index (κ2) is 6.24. The van der Waals surface area contributed by atoms with Crippen molar-refractivity contribution < 1.29 is 4.79 Å². The highest BCUT2D eigenvalue weighted by atomic mass is 32.2. The Kier molecular flexibility index (Phi) is 4.28. The van der Waals surface area contributed by atoms with Gasteiger partial charge in [0.2, 0.25) is 0 Å². The lowest BCUT2D eigenvalue weighted by atomic mass is 10.2. The monoisotopic (exact) mass is 339 g/mol. The van der Waals surface area contributed by atoms with Crippen molar-refractivity contribution in [2.45, 2.75) is 9.79 Å². The molecule has 1 aliphatic heterocycles. The Morgan fingerprint density at radius 3 is 1.79 bits per heavy atom. The summed E-state index contributed by atoms with van der Waals surface area (Å²) in [7, 11) is 8.06. The molecule has 5 heteroatoms. The third-order valence-electron chi connectivity index (χ3n) is 4.02. The molecule has 0 spiro atoms. The van der Waals surface area contributed by atoms with Crippen molar-refractivity contribution in [1.29, 1.82) is 0 Å². The van der Waals surface area contributed by atoms with Gasteiger partial charge in [0.1, 0.15) is 0 Å². The van der Waals surface area contributed by atoms with Crippen LogP contribution in [0.4, 0.5) is 22.7 Å². The van der Waals surface area contributed by atoms with Gasteiger partial charge in [-0.3, -0.25) is 9.69 Å². The first-order chi connectivity index (χ1) is 11.4. The van der Waals surface area contributed by atoms with E-state index in [4.69, 9.17) is 0 Å². The van der Waals surface area contributed by atoms with Crippen LogP contribution in [0, 0.1) is 0 Å². The fourth-order valence-electron chi connectivity index (χ4n) is 2.67. The van der Waals surface area contributed by atoms with Crippen LogP contribution in [0.25, 0.3) is 0 Å². The molecule has 0 bridgehead atoms. The molecule has 0 aliphatic carbocycles. The minimum absolute atomic E-state index is 0.118. The molecule has 1 heterocycles. The van der Waals surface area contributed by atoms with E-state index in [1.165, 1.54) is 6.08 Å². The average molecular weight is 339 g/mol. The molecule has 1 amide bonds. The molecule has 0 saturated heterocycles. The first-order valence-corrected chi connectivity index (χ1v) is 8.51. The van der Waals surface area contributed by atoms with Gasteiger partial charge in [-0.2, -0.15) is 0 Å². The summed E-state index contributed by atoms with van der Waals surface area (Å²) in [6, 6.07) is 12.3. The molecule has 0 fully saturated rings. The molecule has 1 aliphatic rings. The van der Waals surface area contributed by atoms with Gasteiger partial charge in [0.25, 0.3) is 5.91 Å². The second-order valence-electron chi connectivity index (χ2n) is 6.07. The summed E-state index contributed by atoms with van der Waals surface area (Å²) in [5.41, 5.74) is 4.03. The Labute approximate surface area is 147 Å². The van der Waals surface area contributed by atoms with E-state index in [1.807, 2.05) is 52.5 Å². The summed E-state index contributed by atoms with van der Waals surface area (Å²) >= 11 is 1.70. The fraction of sp³-hybridized carbons (Fsp3) is 0.211. The zero-order chi connectivity index (χ0) is 17.4. The summed E-state index contributed by atoms with van der Waals surface area (Å²) < 4.78 is 0. The van der Waals surface area contributed by atoms with Crippen LogP contribution in [0.15, 0.2) is 58.8 Å². The van der Waals surface area contributed by atoms with Crippen LogP contribution in [0.1, 0.15) is 0 Å². The van der Waals surface area contributed by atoms with Gasteiger partial charge in [0.05, 0.1) is 11.4 Å². The predicted octanol–water partition coefficient (Wildman–Crippen LogP) is 4.13. The first kappa shape index (κ1) is 16.5. The standard InChI is InChI=1S/C19H21N3OS/c1-6-19(23)22-15-9-7-13(20(2)3)11-17(15)24-18-12-14(21(4)5)8-10-16(18)22/h6-12H,1H2,2-5H3. The SMILES string of the molecule is C=CC(=O)N1c2ccc(N(C)C)cc2Sc2cc(N(C)C)ccc21. The number of rotatable bonds is 3. The lowest BCUT2D eigenvalue weighted by molar-refractivity contribution is -0.113. The minimum Gasteiger partial charge on any atom is -0.378 e. The van der Waals surface area contributed by atoms with E-state index in [0.29, 0.717) is 0 Å². The number of benzene rings is 2. The molecule has 2 aromatic carbocycles. The van der Waals surface area contributed by atoms with Crippen LogP contribution in [-0.2, 0) is 4.79 Å². The van der Waals surface area contributed by atoms with Crippen molar-refractivity contribution in [3.05, 3.63) is 49.1 Å². The van der Waals surface area contributed by atoms with Gasteiger partial charge in [0.15, 0.2) is 0 Å². The number of amides is 1. The Morgan fingerprint density at radius 2 is 1.42 bits per heavy atom. The third-order valence-corrected chi connectivity index (χ3v) is 5.11. The fourth-order valence-corrected chi connectivity index (χ4v) is 3.80. The Balaban J connectivity index is 2.17. The molecule has 124 valence electrons. The average Bonchev–Trinajstić information content (AvgIpc) is 2.57. The van der Waals surface area contributed by atoms with E-state index in [-0.39, 0.29) is 5.91 Å². The summed E-state index contributed by atoms with van der Waals surface area (Å²) in [6.45, 7) is 3.66. The number of carbonyl (C=O) groups excluding carboxylic acids is 1. The molecule has 0 radical (unpaired) electrons. The van der Waals surface area contributed by atoms with E-state index in [2.05, 4.69) is 28.5 Å². The number of hydrogen-bond acceptors (Lipinski definition) is 4. The van der Waals surface area contributed by atoms with Crippen molar-refractivity contribution in [3.63, 3.8) is 0 Å². The number of hydrogen-bond donors (Lipinski definition) is 0. The Hall–Kier alpha value is -2.40. The second-order valence-corrected chi connectivity index (χ2v) is 7.16. The van der Waals surface area contributed by atoms with Gasteiger partial charge < -0.3 is 9.80 Å². The third kappa shape index (κ3) is 2.76. The van der Waals surface area contributed by atoms with Crippen LogP contribution in [-0.4, -0.2) is 34.1 Å². The number of anilines is 4. The highest BCUT2D eigenvalue weighted by Crippen LogP contribution is 2.50. The van der Waals surface area contributed by atoms with Crippen molar-refractivity contribution in [3.8, 4) is 0 Å². The zero-order valence-electron chi connectivity index (χ0n) is 14.4. The van der Waals surface area contributed by atoms with Crippen molar-refractivity contribution in [2.75, 3.05) is 42.9 Å². The lowest BCUT2D eigenvalue weighted by Crippen LogP contribution is -2.27. The maximum Gasteiger partial charge on any atom is 0.255 e. The molecule has 0 unspecified atom stereocenters. The highest BCUT2D eigenvalue weighted by Gasteiger charge is 2.27. The van der Waals surface area contributed by atoms with E-state index in [0.717, 1.165) is 32.5 Å². The largest absolute Gasteiger partial charge is 0.378 e. The summed E-state index contributed by atoms with van der Waals surface area (Å²) in [5, 5.41) is 0. The summed E-state index contributed by atoms with van der Waals surface area (Å²) in [5.74, 6) is -0.118. The maximum absolute atomic E-state index is 12.5.